The predicted octanol–water partition coefficient (Wildman–Crippen LogP) is 1.33. The Hall–Kier alpha value is -0.760. The van der Waals surface area contributed by atoms with Crippen LogP contribution in [0.1, 0.15) is 31.9 Å². The SMILES string of the molecule is CCCNc1snnc1CN1CCC(OCCO)CC1. The van der Waals surface area contributed by atoms with Gasteiger partial charge < -0.3 is 15.2 Å². The van der Waals surface area contributed by atoms with Gasteiger partial charge in [-0.15, -0.1) is 5.10 Å². The molecule has 0 spiro atoms. The van der Waals surface area contributed by atoms with Crippen LogP contribution in [0.2, 0.25) is 0 Å². The molecule has 2 N–H and O–H groups in total. The van der Waals surface area contributed by atoms with Gasteiger partial charge in [0.2, 0.25) is 0 Å². The Morgan fingerprint density at radius 1 is 1.45 bits per heavy atom. The number of aliphatic hydroxyl groups excluding tert-OH is 1. The van der Waals surface area contributed by atoms with E-state index in [4.69, 9.17) is 9.84 Å². The van der Waals surface area contributed by atoms with Crippen LogP contribution in [0.15, 0.2) is 0 Å². The predicted molar refractivity (Wildman–Crippen MR) is 80.0 cm³/mol. The maximum atomic E-state index is 8.77. The summed E-state index contributed by atoms with van der Waals surface area (Å²) in [6, 6.07) is 0. The first kappa shape index (κ1) is 15.6. The lowest BCUT2D eigenvalue weighted by Crippen LogP contribution is -2.37. The largest absolute Gasteiger partial charge is 0.394 e. The smallest absolute Gasteiger partial charge is 0.134 e. The Bertz CT molecular complexity index is 380. The quantitative estimate of drug-likeness (QED) is 0.755. The summed E-state index contributed by atoms with van der Waals surface area (Å²) in [5.41, 5.74) is 1.05. The number of anilines is 1. The topological polar surface area (TPSA) is 70.5 Å². The molecule has 2 heterocycles. The summed E-state index contributed by atoms with van der Waals surface area (Å²) in [5.74, 6) is 0. The second kappa shape index (κ2) is 8.51. The van der Waals surface area contributed by atoms with Gasteiger partial charge in [0.15, 0.2) is 0 Å². The lowest BCUT2D eigenvalue weighted by molar-refractivity contribution is -0.00916. The van der Waals surface area contributed by atoms with Crippen LogP contribution in [0.3, 0.4) is 0 Å². The van der Waals surface area contributed by atoms with E-state index in [2.05, 4.69) is 26.7 Å². The Labute approximate surface area is 124 Å². The summed E-state index contributed by atoms with van der Waals surface area (Å²) in [6.07, 6.45) is 3.44. The highest BCUT2D eigenvalue weighted by atomic mass is 32.1. The highest BCUT2D eigenvalue weighted by Gasteiger charge is 2.21. The van der Waals surface area contributed by atoms with Crippen molar-refractivity contribution in [2.45, 2.75) is 38.8 Å². The van der Waals surface area contributed by atoms with Crippen LogP contribution < -0.4 is 5.32 Å². The van der Waals surface area contributed by atoms with Gasteiger partial charge in [-0.25, -0.2) is 0 Å². The molecule has 1 aliphatic rings. The molecule has 0 unspecified atom stereocenters. The summed E-state index contributed by atoms with van der Waals surface area (Å²) in [4.78, 5) is 2.40. The van der Waals surface area contributed by atoms with Gasteiger partial charge in [0, 0.05) is 37.7 Å². The van der Waals surface area contributed by atoms with E-state index in [0.29, 0.717) is 12.7 Å². The van der Waals surface area contributed by atoms with Crippen LogP contribution in [-0.4, -0.2) is 58.5 Å². The highest BCUT2D eigenvalue weighted by Crippen LogP contribution is 2.22. The summed E-state index contributed by atoms with van der Waals surface area (Å²) in [5, 5.41) is 17.5. The first-order chi connectivity index (χ1) is 9.83. The molecule has 0 bridgehead atoms. The lowest BCUT2D eigenvalue weighted by atomic mass is 10.1. The number of aliphatic hydroxyl groups is 1. The van der Waals surface area contributed by atoms with Crippen LogP contribution in [0.25, 0.3) is 0 Å². The van der Waals surface area contributed by atoms with E-state index in [1.54, 1.807) is 0 Å². The molecular formula is C13H24N4O2S. The molecule has 1 aliphatic heterocycles. The van der Waals surface area contributed by atoms with Crippen molar-refractivity contribution in [3.63, 3.8) is 0 Å². The van der Waals surface area contributed by atoms with E-state index in [9.17, 15) is 0 Å². The highest BCUT2D eigenvalue weighted by molar-refractivity contribution is 7.10. The molecule has 1 saturated heterocycles. The number of hydrogen-bond donors (Lipinski definition) is 2. The first-order valence-electron chi connectivity index (χ1n) is 7.33. The standard InChI is InChI=1S/C13H24N4O2S/c1-2-5-14-13-12(15-16-20-13)10-17-6-3-11(4-7-17)19-9-8-18/h11,14,18H,2-10H2,1H3. The van der Waals surface area contributed by atoms with Crippen LogP contribution >= 0.6 is 11.5 Å². The van der Waals surface area contributed by atoms with Gasteiger partial charge in [-0.05, 0) is 19.3 Å². The summed E-state index contributed by atoms with van der Waals surface area (Å²) in [7, 11) is 0. The molecule has 0 saturated carbocycles. The number of rotatable bonds is 8. The number of nitrogens with zero attached hydrogens (tertiary/aromatic N) is 3. The average Bonchev–Trinajstić information content (AvgIpc) is 2.91. The van der Waals surface area contributed by atoms with Crippen molar-refractivity contribution in [2.24, 2.45) is 0 Å². The molecule has 1 aromatic heterocycles. The molecule has 2 rings (SSSR count). The molecular weight excluding hydrogens is 276 g/mol. The van der Waals surface area contributed by atoms with Gasteiger partial charge >= 0.3 is 0 Å². The molecule has 1 aromatic rings. The van der Waals surface area contributed by atoms with Crippen LogP contribution in [0.4, 0.5) is 5.00 Å². The van der Waals surface area contributed by atoms with E-state index >= 15 is 0 Å². The fourth-order valence-electron chi connectivity index (χ4n) is 2.35. The van der Waals surface area contributed by atoms with Crippen molar-refractivity contribution < 1.29 is 9.84 Å². The monoisotopic (exact) mass is 300 g/mol. The summed E-state index contributed by atoms with van der Waals surface area (Å²) >= 11 is 1.44. The molecule has 7 heteroatoms. The van der Waals surface area contributed by atoms with E-state index in [0.717, 1.165) is 56.1 Å². The molecule has 114 valence electrons. The second-order valence-electron chi connectivity index (χ2n) is 5.05. The summed E-state index contributed by atoms with van der Waals surface area (Å²) < 4.78 is 9.62. The third-order valence-corrected chi connectivity index (χ3v) is 4.17. The summed E-state index contributed by atoms with van der Waals surface area (Å²) in [6.45, 7) is 6.56. The number of nitrogens with one attached hydrogen (secondary N) is 1. The zero-order valence-electron chi connectivity index (χ0n) is 12.0. The van der Waals surface area contributed by atoms with E-state index in [-0.39, 0.29) is 6.61 Å². The van der Waals surface area contributed by atoms with E-state index in [1.807, 2.05) is 0 Å². The van der Waals surface area contributed by atoms with E-state index < -0.39 is 0 Å². The van der Waals surface area contributed by atoms with Gasteiger partial charge in [-0.3, -0.25) is 4.90 Å². The fourth-order valence-corrected chi connectivity index (χ4v) is 2.95. The van der Waals surface area contributed by atoms with Crippen molar-refractivity contribution in [3.05, 3.63) is 5.69 Å². The number of piperidine rings is 1. The molecule has 0 amide bonds. The van der Waals surface area contributed by atoms with Crippen molar-refractivity contribution >= 4 is 16.5 Å². The number of ether oxygens (including phenoxy) is 1. The van der Waals surface area contributed by atoms with Gasteiger partial charge in [0.1, 0.15) is 10.7 Å². The van der Waals surface area contributed by atoms with Crippen molar-refractivity contribution in [1.29, 1.82) is 0 Å². The van der Waals surface area contributed by atoms with Gasteiger partial charge in [0.05, 0.1) is 19.3 Å². The molecule has 1 fully saturated rings. The Kier molecular flexibility index (Phi) is 6.65. The molecule has 0 radical (unpaired) electrons. The molecule has 20 heavy (non-hydrogen) atoms. The number of hydrogen-bond acceptors (Lipinski definition) is 7. The lowest BCUT2D eigenvalue weighted by Gasteiger charge is -2.31. The Morgan fingerprint density at radius 3 is 2.95 bits per heavy atom. The van der Waals surface area contributed by atoms with Crippen LogP contribution in [0, 0.1) is 0 Å². The van der Waals surface area contributed by atoms with Crippen LogP contribution in [0.5, 0.6) is 0 Å². The molecule has 0 aliphatic carbocycles. The molecule has 0 atom stereocenters. The van der Waals surface area contributed by atoms with Gasteiger partial charge in [0.25, 0.3) is 0 Å². The fraction of sp³-hybridized carbons (Fsp3) is 0.846. The third-order valence-electron chi connectivity index (χ3n) is 3.44. The second-order valence-corrected chi connectivity index (χ2v) is 5.80. The van der Waals surface area contributed by atoms with E-state index in [1.165, 1.54) is 11.5 Å². The molecule has 0 aromatic carbocycles. The Balaban J connectivity index is 1.76. The van der Waals surface area contributed by atoms with Gasteiger partial charge in [-0.1, -0.05) is 11.4 Å². The minimum absolute atomic E-state index is 0.108. The zero-order chi connectivity index (χ0) is 14.2. The minimum Gasteiger partial charge on any atom is -0.394 e. The van der Waals surface area contributed by atoms with Crippen LogP contribution in [-0.2, 0) is 11.3 Å². The maximum absolute atomic E-state index is 8.77. The Morgan fingerprint density at radius 2 is 2.25 bits per heavy atom. The normalized spacial score (nSPS) is 17.5. The minimum atomic E-state index is 0.108. The average molecular weight is 300 g/mol. The molecule has 6 nitrogen and oxygen atoms in total. The third kappa shape index (κ3) is 4.66. The maximum Gasteiger partial charge on any atom is 0.134 e. The van der Waals surface area contributed by atoms with Crippen molar-refractivity contribution in [3.8, 4) is 0 Å². The zero-order valence-corrected chi connectivity index (χ0v) is 12.9. The first-order valence-corrected chi connectivity index (χ1v) is 8.10. The van der Waals surface area contributed by atoms with Crippen molar-refractivity contribution in [1.82, 2.24) is 14.5 Å². The van der Waals surface area contributed by atoms with Gasteiger partial charge in [-0.2, -0.15) is 0 Å². The number of aromatic nitrogens is 2. The van der Waals surface area contributed by atoms with Crippen molar-refractivity contribution in [2.75, 3.05) is 38.2 Å². The number of likely N-dealkylation sites (tertiary alicyclic amines) is 1.